The lowest BCUT2D eigenvalue weighted by atomic mass is 10.2. The van der Waals surface area contributed by atoms with Crippen molar-refractivity contribution < 1.29 is 19.7 Å². The molecule has 0 aliphatic carbocycles. The van der Waals surface area contributed by atoms with Gasteiger partial charge in [-0.1, -0.05) is 0 Å². The van der Waals surface area contributed by atoms with Gasteiger partial charge in [-0.25, -0.2) is 4.79 Å². The van der Waals surface area contributed by atoms with E-state index < -0.39 is 18.4 Å². The van der Waals surface area contributed by atoms with E-state index in [2.05, 4.69) is 5.32 Å². The first-order valence-corrected chi connectivity index (χ1v) is 4.89. The van der Waals surface area contributed by atoms with Gasteiger partial charge in [-0.2, -0.15) is 0 Å². The van der Waals surface area contributed by atoms with Gasteiger partial charge in [-0.05, 0) is 6.08 Å². The third-order valence-electron chi connectivity index (χ3n) is 2.57. The molecule has 1 saturated heterocycles. The van der Waals surface area contributed by atoms with Gasteiger partial charge in [0.05, 0.1) is 12.7 Å². The number of rotatable bonds is 2. The third-order valence-corrected chi connectivity index (χ3v) is 2.57. The van der Waals surface area contributed by atoms with Gasteiger partial charge in [-0.3, -0.25) is 4.90 Å². The molecule has 15 heavy (non-hydrogen) atoms. The van der Waals surface area contributed by atoms with Crippen molar-refractivity contribution in [1.82, 2.24) is 10.2 Å². The van der Waals surface area contributed by atoms with Gasteiger partial charge >= 0.3 is 6.03 Å². The summed E-state index contributed by atoms with van der Waals surface area (Å²) < 4.78 is 5.35. The van der Waals surface area contributed by atoms with Crippen LogP contribution >= 0.6 is 0 Å². The number of urea groups is 1. The number of aliphatic hydroxyl groups is 2. The average Bonchev–Trinajstić information content (AvgIpc) is 2.60. The third kappa shape index (κ3) is 1.97. The minimum atomic E-state index is -0.719. The number of nitrogens with one attached hydrogen (secondary N) is 1. The molecule has 6 nitrogen and oxygen atoms in total. The van der Waals surface area contributed by atoms with Crippen LogP contribution in [0.5, 0.6) is 0 Å². The van der Waals surface area contributed by atoms with E-state index in [1.54, 1.807) is 12.3 Å². The SMILES string of the molecule is O=C1NCC=CN1C1CC(O)C(CO)O1. The maximum absolute atomic E-state index is 11.4. The van der Waals surface area contributed by atoms with Gasteiger partial charge in [0.2, 0.25) is 0 Å². The first-order valence-electron chi connectivity index (χ1n) is 4.89. The van der Waals surface area contributed by atoms with E-state index in [9.17, 15) is 9.90 Å². The number of hydrogen-bond donors (Lipinski definition) is 3. The summed E-state index contributed by atoms with van der Waals surface area (Å²) in [4.78, 5) is 12.8. The van der Waals surface area contributed by atoms with E-state index in [1.807, 2.05) is 0 Å². The van der Waals surface area contributed by atoms with Crippen molar-refractivity contribution in [2.24, 2.45) is 0 Å². The summed E-state index contributed by atoms with van der Waals surface area (Å²) in [6.45, 7) is 0.269. The van der Waals surface area contributed by atoms with Crippen LogP contribution < -0.4 is 5.32 Å². The van der Waals surface area contributed by atoms with E-state index in [0.717, 1.165) is 0 Å². The van der Waals surface area contributed by atoms with Gasteiger partial charge in [0.15, 0.2) is 0 Å². The number of hydrogen-bond acceptors (Lipinski definition) is 4. The van der Waals surface area contributed by atoms with Crippen molar-refractivity contribution >= 4 is 6.03 Å². The summed E-state index contributed by atoms with van der Waals surface area (Å²) in [5, 5.41) is 21.0. The van der Waals surface area contributed by atoms with Crippen molar-refractivity contribution in [3.05, 3.63) is 12.3 Å². The lowest BCUT2D eigenvalue weighted by Crippen LogP contribution is -2.45. The highest BCUT2D eigenvalue weighted by atomic mass is 16.5. The number of carbonyl (C=O) groups excluding carboxylic acids is 1. The Kier molecular flexibility index (Phi) is 2.90. The molecule has 2 aliphatic rings. The number of carbonyl (C=O) groups is 1. The molecule has 0 aromatic heterocycles. The summed E-state index contributed by atoms with van der Waals surface area (Å²) in [6.07, 6.45) is 1.94. The van der Waals surface area contributed by atoms with Crippen LogP contribution in [-0.2, 0) is 4.74 Å². The molecular formula is C9H14N2O4. The Bertz CT molecular complexity index is 281. The molecule has 0 aromatic rings. The van der Waals surface area contributed by atoms with Crippen molar-refractivity contribution in [3.8, 4) is 0 Å². The monoisotopic (exact) mass is 214 g/mol. The molecule has 3 N–H and O–H groups in total. The topological polar surface area (TPSA) is 82.0 Å². The van der Waals surface area contributed by atoms with Gasteiger partial charge in [-0.15, -0.1) is 0 Å². The summed E-state index contributed by atoms with van der Waals surface area (Å²) in [5.74, 6) is 0. The maximum atomic E-state index is 11.4. The van der Waals surface area contributed by atoms with Gasteiger partial charge in [0.25, 0.3) is 0 Å². The molecule has 84 valence electrons. The van der Waals surface area contributed by atoms with Crippen molar-refractivity contribution in [2.45, 2.75) is 24.9 Å². The molecule has 6 heteroatoms. The van der Waals surface area contributed by atoms with Crippen LogP contribution in [0.3, 0.4) is 0 Å². The normalized spacial score (nSPS) is 35.7. The van der Waals surface area contributed by atoms with Crippen LogP contribution in [0.1, 0.15) is 6.42 Å². The second kappa shape index (κ2) is 4.18. The molecule has 3 atom stereocenters. The zero-order chi connectivity index (χ0) is 10.8. The van der Waals surface area contributed by atoms with E-state index >= 15 is 0 Å². The number of amides is 2. The average molecular weight is 214 g/mol. The highest BCUT2D eigenvalue weighted by molar-refractivity contribution is 5.76. The highest BCUT2D eigenvalue weighted by Gasteiger charge is 2.38. The highest BCUT2D eigenvalue weighted by Crippen LogP contribution is 2.24. The molecule has 0 radical (unpaired) electrons. The van der Waals surface area contributed by atoms with Gasteiger partial charge in [0, 0.05) is 19.2 Å². The van der Waals surface area contributed by atoms with Crippen LogP contribution in [-0.4, -0.2) is 52.7 Å². The largest absolute Gasteiger partial charge is 0.394 e. The second-order valence-electron chi connectivity index (χ2n) is 3.59. The Balaban J connectivity index is 2.03. The zero-order valence-corrected chi connectivity index (χ0v) is 8.17. The summed E-state index contributed by atoms with van der Waals surface area (Å²) >= 11 is 0. The first-order chi connectivity index (χ1) is 7.22. The molecule has 2 heterocycles. The fourth-order valence-corrected chi connectivity index (χ4v) is 1.75. The molecule has 2 amide bonds. The summed E-state index contributed by atoms with van der Waals surface area (Å²) in [5.41, 5.74) is 0. The van der Waals surface area contributed by atoms with Crippen molar-refractivity contribution in [2.75, 3.05) is 13.2 Å². The summed E-state index contributed by atoms with van der Waals surface area (Å²) in [6, 6.07) is -0.242. The fraction of sp³-hybridized carbons (Fsp3) is 0.667. The lowest BCUT2D eigenvalue weighted by molar-refractivity contribution is -0.0538. The van der Waals surface area contributed by atoms with Crippen LogP contribution in [0.2, 0.25) is 0 Å². The van der Waals surface area contributed by atoms with Gasteiger partial charge in [0.1, 0.15) is 12.3 Å². The van der Waals surface area contributed by atoms with E-state index in [-0.39, 0.29) is 12.6 Å². The molecule has 0 bridgehead atoms. The minimum Gasteiger partial charge on any atom is -0.394 e. The number of nitrogens with zero attached hydrogens (tertiary/aromatic N) is 1. The molecular weight excluding hydrogens is 200 g/mol. The van der Waals surface area contributed by atoms with E-state index in [1.165, 1.54) is 4.90 Å². The molecule has 2 aliphatic heterocycles. The zero-order valence-electron chi connectivity index (χ0n) is 8.17. The molecule has 0 aromatic carbocycles. The standard InChI is InChI=1S/C9H14N2O4/c12-5-7-6(13)4-8(15-7)11-3-1-2-10-9(11)14/h1,3,6-8,12-13H,2,4-5H2,(H,10,14). The second-order valence-corrected chi connectivity index (χ2v) is 3.59. The first kappa shape index (κ1) is 10.4. The van der Waals surface area contributed by atoms with E-state index in [4.69, 9.17) is 9.84 Å². The Labute approximate surface area is 87.1 Å². The Morgan fingerprint density at radius 2 is 2.47 bits per heavy atom. The van der Waals surface area contributed by atoms with Crippen LogP contribution in [0, 0.1) is 0 Å². The van der Waals surface area contributed by atoms with Gasteiger partial charge < -0.3 is 20.3 Å². The fourth-order valence-electron chi connectivity index (χ4n) is 1.75. The molecule has 1 fully saturated rings. The molecule has 0 saturated carbocycles. The minimum absolute atomic E-state index is 0.239. The lowest BCUT2D eigenvalue weighted by Gasteiger charge is -2.27. The van der Waals surface area contributed by atoms with Crippen molar-refractivity contribution in [1.29, 1.82) is 0 Å². The van der Waals surface area contributed by atoms with Crippen LogP contribution in [0.4, 0.5) is 4.79 Å². The van der Waals surface area contributed by atoms with Crippen LogP contribution in [0.25, 0.3) is 0 Å². The predicted octanol–water partition coefficient (Wildman–Crippen LogP) is -1.01. The summed E-state index contributed by atoms with van der Waals surface area (Å²) in [7, 11) is 0. The molecule has 2 rings (SSSR count). The maximum Gasteiger partial charge on any atom is 0.323 e. The van der Waals surface area contributed by atoms with E-state index in [0.29, 0.717) is 13.0 Å². The number of aliphatic hydroxyl groups excluding tert-OH is 2. The Hall–Kier alpha value is -1.11. The quantitative estimate of drug-likeness (QED) is 0.550. The Morgan fingerprint density at radius 1 is 1.67 bits per heavy atom. The molecule has 3 unspecified atom stereocenters. The van der Waals surface area contributed by atoms with Crippen LogP contribution in [0.15, 0.2) is 12.3 Å². The molecule has 0 spiro atoms. The Morgan fingerprint density at radius 3 is 3.07 bits per heavy atom. The number of ether oxygens (including phenoxy) is 1. The smallest absolute Gasteiger partial charge is 0.323 e. The predicted molar refractivity (Wildman–Crippen MR) is 50.7 cm³/mol. The van der Waals surface area contributed by atoms with Crippen molar-refractivity contribution in [3.63, 3.8) is 0 Å².